The highest BCUT2D eigenvalue weighted by atomic mass is 15.0. The van der Waals surface area contributed by atoms with Crippen LogP contribution in [-0.2, 0) is 25.8 Å². The van der Waals surface area contributed by atoms with Gasteiger partial charge in [0.2, 0.25) is 0 Å². The molecule has 32 heavy (non-hydrogen) atoms. The fourth-order valence-corrected chi connectivity index (χ4v) is 5.70. The molecule has 0 saturated heterocycles. The van der Waals surface area contributed by atoms with E-state index < -0.39 is 0 Å². The number of benzene rings is 4. The third kappa shape index (κ3) is 2.70. The van der Waals surface area contributed by atoms with Crippen LogP contribution in [0.5, 0.6) is 0 Å². The number of fused-ring (bicyclic) bond motifs is 6. The molecule has 1 heterocycles. The molecule has 5 aromatic rings. The van der Waals surface area contributed by atoms with Crippen LogP contribution in [0.15, 0.2) is 72.8 Å². The quantitative estimate of drug-likeness (QED) is 0.273. The minimum Gasteiger partial charge on any atom is -0.340 e. The molecule has 0 unspecified atom stereocenters. The molecule has 0 fully saturated rings. The number of hydrogen-bond donors (Lipinski definition) is 0. The largest absolute Gasteiger partial charge is 0.340 e. The van der Waals surface area contributed by atoms with Crippen LogP contribution in [0.1, 0.15) is 43.0 Å². The van der Waals surface area contributed by atoms with Gasteiger partial charge >= 0.3 is 0 Å². The minimum absolute atomic E-state index is 0.969. The van der Waals surface area contributed by atoms with E-state index >= 15 is 0 Å². The molecule has 1 aromatic heterocycles. The molecule has 0 bridgehead atoms. The van der Waals surface area contributed by atoms with Crippen LogP contribution in [0.2, 0.25) is 0 Å². The van der Waals surface area contributed by atoms with Crippen LogP contribution in [0, 0.1) is 0 Å². The lowest BCUT2D eigenvalue weighted by atomic mass is 9.91. The van der Waals surface area contributed by atoms with Crippen molar-refractivity contribution >= 4 is 21.8 Å². The lowest BCUT2D eigenvalue weighted by Gasteiger charge is -2.15. The third-order valence-electron chi connectivity index (χ3n) is 7.36. The Hall–Kier alpha value is -3.32. The van der Waals surface area contributed by atoms with Gasteiger partial charge in [0.15, 0.2) is 0 Å². The van der Waals surface area contributed by atoms with E-state index in [-0.39, 0.29) is 0 Å². The van der Waals surface area contributed by atoms with E-state index in [2.05, 4.69) is 98.1 Å². The van der Waals surface area contributed by atoms with Crippen LogP contribution in [0.4, 0.5) is 0 Å². The second kappa shape index (κ2) is 7.38. The molecular weight excluding hydrogens is 386 g/mol. The standard InChI is InChI=1S/C31H29N/c1-4-20-14-15-22-19-29-27(17-21(5-2)18-28(29)26(22)16-20)25-12-9-11-24-23-10-7-8-13-30(23)32(6-3)31(24)25/h7-18H,4-6,19H2,1-3H3. The maximum absolute atomic E-state index is 2.50. The van der Waals surface area contributed by atoms with E-state index in [9.17, 15) is 0 Å². The molecule has 0 N–H and O–H groups in total. The zero-order valence-electron chi connectivity index (χ0n) is 19.2. The lowest BCUT2D eigenvalue weighted by Crippen LogP contribution is -1.97. The Morgan fingerprint density at radius 3 is 2.16 bits per heavy atom. The third-order valence-corrected chi connectivity index (χ3v) is 7.36. The van der Waals surface area contributed by atoms with Crippen molar-refractivity contribution in [1.29, 1.82) is 0 Å². The van der Waals surface area contributed by atoms with Crippen molar-refractivity contribution in [3.63, 3.8) is 0 Å². The fourth-order valence-electron chi connectivity index (χ4n) is 5.70. The van der Waals surface area contributed by atoms with Gasteiger partial charge in [0.25, 0.3) is 0 Å². The Morgan fingerprint density at radius 1 is 0.656 bits per heavy atom. The van der Waals surface area contributed by atoms with E-state index in [1.165, 1.54) is 66.3 Å². The summed E-state index contributed by atoms with van der Waals surface area (Å²) < 4.78 is 2.50. The Labute approximate surface area is 190 Å². The summed E-state index contributed by atoms with van der Waals surface area (Å²) in [5.74, 6) is 0. The minimum atomic E-state index is 0.969. The average Bonchev–Trinajstić information content (AvgIpc) is 3.38. The molecule has 158 valence electrons. The first kappa shape index (κ1) is 19.4. The molecular formula is C31H29N. The fraction of sp³-hybridized carbons (Fsp3) is 0.226. The summed E-state index contributed by atoms with van der Waals surface area (Å²) >= 11 is 0. The highest BCUT2D eigenvalue weighted by Gasteiger charge is 2.24. The van der Waals surface area contributed by atoms with Crippen LogP contribution in [0.25, 0.3) is 44.1 Å². The topological polar surface area (TPSA) is 4.93 Å². The van der Waals surface area contributed by atoms with Crippen molar-refractivity contribution in [2.45, 2.75) is 46.6 Å². The second-order valence-corrected chi connectivity index (χ2v) is 9.01. The van der Waals surface area contributed by atoms with E-state index in [0.29, 0.717) is 0 Å². The lowest BCUT2D eigenvalue weighted by molar-refractivity contribution is 0.827. The number of aryl methyl sites for hydroxylation is 3. The monoisotopic (exact) mass is 415 g/mol. The molecule has 0 amide bonds. The summed E-state index contributed by atoms with van der Waals surface area (Å²) in [7, 11) is 0. The maximum Gasteiger partial charge on any atom is 0.0571 e. The summed E-state index contributed by atoms with van der Waals surface area (Å²) in [6, 6.07) is 27.7. The number of para-hydroxylation sites is 2. The zero-order chi connectivity index (χ0) is 21.8. The van der Waals surface area contributed by atoms with E-state index in [1.54, 1.807) is 0 Å². The van der Waals surface area contributed by atoms with Crippen molar-refractivity contribution < 1.29 is 0 Å². The molecule has 1 aliphatic rings. The van der Waals surface area contributed by atoms with Gasteiger partial charge in [0.05, 0.1) is 5.52 Å². The predicted molar refractivity (Wildman–Crippen MR) is 138 cm³/mol. The molecule has 6 rings (SSSR count). The van der Waals surface area contributed by atoms with Gasteiger partial charge in [-0.1, -0.05) is 80.6 Å². The summed E-state index contributed by atoms with van der Waals surface area (Å²) in [4.78, 5) is 0. The van der Waals surface area contributed by atoms with Gasteiger partial charge in [-0.15, -0.1) is 0 Å². The van der Waals surface area contributed by atoms with Crippen LogP contribution < -0.4 is 0 Å². The average molecular weight is 416 g/mol. The highest BCUT2D eigenvalue weighted by Crippen LogP contribution is 2.45. The number of rotatable bonds is 4. The van der Waals surface area contributed by atoms with Crippen molar-refractivity contribution in [3.8, 4) is 22.3 Å². The predicted octanol–water partition coefficient (Wildman–Crippen LogP) is 8.18. The molecule has 1 aliphatic carbocycles. The summed E-state index contributed by atoms with van der Waals surface area (Å²) in [6.07, 6.45) is 3.16. The van der Waals surface area contributed by atoms with Gasteiger partial charge in [-0.3, -0.25) is 0 Å². The number of nitrogens with zero attached hydrogens (tertiary/aromatic N) is 1. The first-order valence-electron chi connectivity index (χ1n) is 12.0. The molecule has 1 nitrogen and oxygen atoms in total. The van der Waals surface area contributed by atoms with Crippen molar-refractivity contribution in [1.82, 2.24) is 4.57 Å². The first-order chi connectivity index (χ1) is 15.7. The normalized spacial score (nSPS) is 12.5. The molecule has 0 spiro atoms. The van der Waals surface area contributed by atoms with Crippen molar-refractivity contribution in [2.75, 3.05) is 0 Å². The second-order valence-electron chi connectivity index (χ2n) is 9.01. The van der Waals surface area contributed by atoms with Gasteiger partial charge < -0.3 is 4.57 Å². The van der Waals surface area contributed by atoms with Crippen LogP contribution in [0.3, 0.4) is 0 Å². The Kier molecular flexibility index (Phi) is 4.47. The van der Waals surface area contributed by atoms with Crippen LogP contribution in [-0.4, -0.2) is 4.57 Å². The van der Waals surface area contributed by atoms with Crippen molar-refractivity contribution in [2.24, 2.45) is 0 Å². The van der Waals surface area contributed by atoms with Gasteiger partial charge in [0, 0.05) is 28.4 Å². The highest BCUT2D eigenvalue weighted by molar-refractivity contribution is 6.13. The van der Waals surface area contributed by atoms with Gasteiger partial charge in [0.1, 0.15) is 0 Å². The Morgan fingerprint density at radius 2 is 1.38 bits per heavy atom. The van der Waals surface area contributed by atoms with E-state index in [4.69, 9.17) is 0 Å². The van der Waals surface area contributed by atoms with Gasteiger partial charge in [-0.2, -0.15) is 0 Å². The van der Waals surface area contributed by atoms with Gasteiger partial charge in [-0.05, 0) is 71.2 Å². The molecule has 0 atom stereocenters. The number of hydrogen-bond acceptors (Lipinski definition) is 0. The van der Waals surface area contributed by atoms with E-state index in [1.807, 2.05) is 0 Å². The maximum atomic E-state index is 2.50. The van der Waals surface area contributed by atoms with Crippen LogP contribution >= 0.6 is 0 Å². The first-order valence-corrected chi connectivity index (χ1v) is 12.0. The van der Waals surface area contributed by atoms with Crippen molar-refractivity contribution in [3.05, 3.63) is 95.1 Å². The summed E-state index contributed by atoms with van der Waals surface area (Å²) in [6.45, 7) is 7.75. The SMILES string of the molecule is CCc1ccc2c(c1)-c1cc(CC)cc(-c3cccc4c5ccccc5n(CC)c34)c1C2. The molecule has 1 heteroatoms. The number of aromatic nitrogens is 1. The molecule has 0 saturated carbocycles. The molecule has 4 aromatic carbocycles. The Balaban J connectivity index is 1.69. The smallest absolute Gasteiger partial charge is 0.0571 e. The molecule has 0 aliphatic heterocycles. The summed E-state index contributed by atoms with van der Waals surface area (Å²) in [5, 5.41) is 2.71. The Bertz CT molecular complexity index is 1500. The molecule has 0 radical (unpaired) electrons. The zero-order valence-corrected chi connectivity index (χ0v) is 19.2. The van der Waals surface area contributed by atoms with E-state index in [0.717, 1.165) is 25.8 Å². The summed E-state index contributed by atoms with van der Waals surface area (Å²) in [5.41, 5.74) is 14.2. The van der Waals surface area contributed by atoms with Gasteiger partial charge in [-0.25, -0.2) is 0 Å².